The zero-order valence-electron chi connectivity index (χ0n) is 12.9. The first-order valence-corrected chi connectivity index (χ1v) is 8.20. The number of nitrogens with zero attached hydrogens (tertiary/aromatic N) is 2. The van der Waals surface area contributed by atoms with Gasteiger partial charge in [-0.3, -0.25) is 9.80 Å². The predicted octanol–water partition coefficient (Wildman–Crippen LogP) is 2.80. The molecule has 4 heteroatoms. The maximum absolute atomic E-state index is 13.1. The van der Waals surface area contributed by atoms with Gasteiger partial charge in [0.1, 0.15) is 5.82 Å². The van der Waals surface area contributed by atoms with Crippen LogP contribution in [0, 0.1) is 5.82 Å². The van der Waals surface area contributed by atoms with Gasteiger partial charge >= 0.3 is 0 Å². The van der Waals surface area contributed by atoms with E-state index in [0.29, 0.717) is 6.04 Å². The van der Waals surface area contributed by atoms with Gasteiger partial charge in [-0.1, -0.05) is 12.5 Å². The van der Waals surface area contributed by atoms with Crippen molar-refractivity contribution < 1.29 is 4.39 Å². The Kier molecular flexibility index (Phi) is 4.76. The van der Waals surface area contributed by atoms with Crippen molar-refractivity contribution in [3.63, 3.8) is 0 Å². The van der Waals surface area contributed by atoms with Crippen LogP contribution in [0.1, 0.15) is 26.2 Å². The van der Waals surface area contributed by atoms with Gasteiger partial charge < -0.3 is 5.32 Å². The first kappa shape index (κ1) is 14.8. The maximum Gasteiger partial charge on any atom is 0.125 e. The number of nitrogens with one attached hydrogen (secondary N) is 1. The molecule has 21 heavy (non-hydrogen) atoms. The zero-order valence-corrected chi connectivity index (χ0v) is 12.9. The zero-order chi connectivity index (χ0) is 14.7. The van der Waals surface area contributed by atoms with Gasteiger partial charge in [-0.2, -0.15) is 0 Å². The quantitative estimate of drug-likeness (QED) is 0.920. The van der Waals surface area contributed by atoms with Gasteiger partial charge in [-0.05, 0) is 44.5 Å². The normalized spacial score (nSPS) is 27.3. The molecule has 0 saturated carbocycles. The summed E-state index contributed by atoms with van der Waals surface area (Å²) in [6.07, 6.45) is 4.09. The molecule has 0 amide bonds. The molecule has 2 saturated heterocycles. The van der Waals surface area contributed by atoms with Crippen LogP contribution in [0.25, 0.3) is 0 Å². The number of hydrogen-bond donors (Lipinski definition) is 1. The molecule has 116 valence electrons. The number of fused-ring (bicyclic) bond motifs is 1. The molecule has 2 atom stereocenters. The standard InChI is InChI=1S/C17H26FN3/c1-14-12-21-9-3-2-7-17(21)13-20(14)10-8-19-16-6-4-5-15(18)11-16/h4-6,11,14,17,19H,2-3,7-10,12-13H2,1H3. The molecule has 1 aromatic carbocycles. The molecule has 0 aliphatic carbocycles. The minimum atomic E-state index is -0.177. The second-order valence-corrected chi connectivity index (χ2v) is 6.43. The molecule has 2 aliphatic heterocycles. The Balaban J connectivity index is 1.48. The Morgan fingerprint density at radius 1 is 1.29 bits per heavy atom. The Morgan fingerprint density at radius 3 is 3.05 bits per heavy atom. The van der Waals surface area contributed by atoms with Gasteiger partial charge in [0.15, 0.2) is 0 Å². The molecule has 3 rings (SSSR count). The minimum Gasteiger partial charge on any atom is -0.384 e. The largest absolute Gasteiger partial charge is 0.384 e. The van der Waals surface area contributed by atoms with E-state index >= 15 is 0 Å². The van der Waals surface area contributed by atoms with E-state index in [0.717, 1.165) is 24.8 Å². The third kappa shape index (κ3) is 3.74. The first-order valence-electron chi connectivity index (χ1n) is 8.20. The van der Waals surface area contributed by atoms with E-state index in [1.165, 1.54) is 45.0 Å². The molecule has 0 bridgehead atoms. The van der Waals surface area contributed by atoms with E-state index in [9.17, 15) is 4.39 Å². The molecule has 1 aromatic rings. The fraction of sp³-hybridized carbons (Fsp3) is 0.647. The average Bonchev–Trinajstić information content (AvgIpc) is 2.48. The minimum absolute atomic E-state index is 0.177. The third-order valence-corrected chi connectivity index (χ3v) is 4.87. The summed E-state index contributed by atoms with van der Waals surface area (Å²) < 4.78 is 13.1. The van der Waals surface area contributed by atoms with Crippen LogP contribution in [0.2, 0.25) is 0 Å². The third-order valence-electron chi connectivity index (χ3n) is 4.87. The molecule has 0 spiro atoms. The van der Waals surface area contributed by atoms with E-state index in [2.05, 4.69) is 22.0 Å². The van der Waals surface area contributed by atoms with Gasteiger partial charge in [0.25, 0.3) is 0 Å². The van der Waals surface area contributed by atoms with Crippen LogP contribution in [0.4, 0.5) is 10.1 Å². The number of piperazine rings is 1. The second kappa shape index (κ2) is 6.75. The van der Waals surface area contributed by atoms with E-state index < -0.39 is 0 Å². The summed E-state index contributed by atoms with van der Waals surface area (Å²) in [5.41, 5.74) is 0.874. The number of rotatable bonds is 4. The van der Waals surface area contributed by atoms with E-state index in [4.69, 9.17) is 0 Å². The monoisotopic (exact) mass is 291 g/mol. The molecular formula is C17H26FN3. The maximum atomic E-state index is 13.1. The fourth-order valence-electron chi connectivity index (χ4n) is 3.67. The molecule has 2 heterocycles. The Morgan fingerprint density at radius 2 is 2.19 bits per heavy atom. The molecule has 1 N–H and O–H groups in total. The Bertz CT molecular complexity index is 465. The van der Waals surface area contributed by atoms with Crippen molar-refractivity contribution in [3.8, 4) is 0 Å². The van der Waals surface area contributed by atoms with Crippen molar-refractivity contribution in [2.45, 2.75) is 38.3 Å². The van der Waals surface area contributed by atoms with Crippen molar-refractivity contribution in [2.75, 3.05) is 38.0 Å². The molecule has 3 nitrogen and oxygen atoms in total. The van der Waals surface area contributed by atoms with Crippen LogP contribution < -0.4 is 5.32 Å². The lowest BCUT2D eigenvalue weighted by Gasteiger charge is -2.47. The first-order chi connectivity index (χ1) is 10.2. The predicted molar refractivity (Wildman–Crippen MR) is 85.1 cm³/mol. The van der Waals surface area contributed by atoms with Crippen molar-refractivity contribution in [2.24, 2.45) is 0 Å². The van der Waals surface area contributed by atoms with Crippen LogP contribution in [-0.4, -0.2) is 54.6 Å². The summed E-state index contributed by atoms with van der Waals surface area (Å²) in [6, 6.07) is 8.09. The van der Waals surface area contributed by atoms with Crippen molar-refractivity contribution in [3.05, 3.63) is 30.1 Å². The van der Waals surface area contributed by atoms with Gasteiger partial charge in [-0.25, -0.2) is 4.39 Å². The van der Waals surface area contributed by atoms with Crippen LogP contribution >= 0.6 is 0 Å². The van der Waals surface area contributed by atoms with Crippen molar-refractivity contribution in [1.82, 2.24) is 9.80 Å². The smallest absolute Gasteiger partial charge is 0.125 e. The molecule has 0 radical (unpaired) electrons. The van der Waals surface area contributed by atoms with E-state index in [-0.39, 0.29) is 5.82 Å². The highest BCUT2D eigenvalue weighted by Crippen LogP contribution is 2.23. The summed E-state index contributed by atoms with van der Waals surface area (Å²) in [4.78, 5) is 5.25. The van der Waals surface area contributed by atoms with Crippen molar-refractivity contribution >= 4 is 5.69 Å². The lowest BCUT2D eigenvalue weighted by molar-refractivity contribution is 0.0176. The molecular weight excluding hydrogens is 265 g/mol. The highest BCUT2D eigenvalue weighted by Gasteiger charge is 2.32. The molecule has 0 aromatic heterocycles. The summed E-state index contributed by atoms with van der Waals surface area (Å²) in [6.45, 7) is 7.90. The lowest BCUT2D eigenvalue weighted by atomic mass is 9.97. The summed E-state index contributed by atoms with van der Waals surface area (Å²) in [5, 5.41) is 3.33. The van der Waals surface area contributed by atoms with Crippen LogP contribution in [0.3, 0.4) is 0 Å². The summed E-state index contributed by atoms with van der Waals surface area (Å²) in [7, 11) is 0. The SMILES string of the molecule is CC1CN2CCCCC2CN1CCNc1cccc(F)c1. The Labute approximate surface area is 127 Å². The van der Waals surface area contributed by atoms with E-state index in [1.807, 2.05) is 6.07 Å². The van der Waals surface area contributed by atoms with Crippen molar-refractivity contribution in [1.29, 1.82) is 0 Å². The number of halogens is 1. The highest BCUT2D eigenvalue weighted by atomic mass is 19.1. The number of benzene rings is 1. The highest BCUT2D eigenvalue weighted by molar-refractivity contribution is 5.42. The van der Waals surface area contributed by atoms with Gasteiger partial charge in [0.2, 0.25) is 0 Å². The Hall–Kier alpha value is -1.13. The number of anilines is 1. The molecule has 2 fully saturated rings. The van der Waals surface area contributed by atoms with Gasteiger partial charge in [0.05, 0.1) is 0 Å². The number of hydrogen-bond acceptors (Lipinski definition) is 3. The summed E-state index contributed by atoms with van der Waals surface area (Å²) >= 11 is 0. The van der Waals surface area contributed by atoms with Gasteiger partial charge in [-0.15, -0.1) is 0 Å². The fourth-order valence-corrected chi connectivity index (χ4v) is 3.67. The van der Waals surface area contributed by atoms with Gasteiger partial charge in [0, 0.05) is 44.0 Å². The molecule has 2 unspecified atom stereocenters. The molecule has 2 aliphatic rings. The topological polar surface area (TPSA) is 18.5 Å². The average molecular weight is 291 g/mol. The van der Waals surface area contributed by atoms with E-state index in [1.54, 1.807) is 12.1 Å². The van der Waals surface area contributed by atoms with Crippen LogP contribution in [0.15, 0.2) is 24.3 Å². The second-order valence-electron chi connectivity index (χ2n) is 6.43. The number of piperidine rings is 1. The van der Waals surface area contributed by atoms with Crippen LogP contribution in [-0.2, 0) is 0 Å². The summed E-state index contributed by atoms with van der Waals surface area (Å²) in [5.74, 6) is -0.177. The van der Waals surface area contributed by atoms with Crippen LogP contribution in [0.5, 0.6) is 0 Å². The lowest BCUT2D eigenvalue weighted by Crippen LogP contribution is -2.59.